The Morgan fingerprint density at radius 2 is 1.92 bits per heavy atom. The molecule has 38 heavy (non-hydrogen) atoms. The SMILES string of the molecule is CCC(=O)O[C@@H]1C[C@H](OC(C)=O)[C@@]2(C)C3C(OC[C@@]31C)[C@@H](O)[C@@]1(C)C3=CC[C@@H](c4ccoc4)[C@]3(C)CCC21. The predicted molar refractivity (Wildman–Crippen MR) is 139 cm³/mol. The summed E-state index contributed by atoms with van der Waals surface area (Å²) in [5.74, 6) is -0.339. The van der Waals surface area contributed by atoms with Crippen LogP contribution in [0.25, 0.3) is 0 Å². The lowest BCUT2D eigenvalue weighted by atomic mass is 9.36. The Kier molecular flexibility index (Phi) is 5.80. The molecule has 0 aromatic carbocycles. The molecule has 1 aromatic heterocycles. The van der Waals surface area contributed by atoms with Crippen molar-refractivity contribution < 1.29 is 33.3 Å². The molecule has 4 aliphatic carbocycles. The number of rotatable bonds is 4. The molecular weight excluding hydrogens is 484 g/mol. The van der Waals surface area contributed by atoms with Crippen LogP contribution in [-0.4, -0.2) is 48.1 Å². The molecule has 5 aliphatic rings. The third kappa shape index (κ3) is 3.15. The quantitative estimate of drug-likeness (QED) is 0.427. The molecule has 7 nitrogen and oxygen atoms in total. The number of esters is 2. The smallest absolute Gasteiger partial charge is 0.305 e. The van der Waals surface area contributed by atoms with Crippen molar-refractivity contribution in [3.63, 3.8) is 0 Å². The second-order valence-electron chi connectivity index (χ2n) is 13.5. The van der Waals surface area contributed by atoms with Gasteiger partial charge in [0, 0.05) is 41.9 Å². The van der Waals surface area contributed by atoms with E-state index in [2.05, 4.69) is 39.8 Å². The van der Waals surface area contributed by atoms with Crippen LogP contribution in [0.1, 0.15) is 85.1 Å². The summed E-state index contributed by atoms with van der Waals surface area (Å²) < 4.78 is 24.1. The van der Waals surface area contributed by atoms with Gasteiger partial charge in [-0.1, -0.05) is 46.3 Å². The fourth-order valence-electron chi connectivity index (χ4n) is 10.3. The highest BCUT2D eigenvalue weighted by atomic mass is 16.6. The first-order chi connectivity index (χ1) is 17.9. The van der Waals surface area contributed by atoms with E-state index in [-0.39, 0.29) is 35.6 Å². The van der Waals surface area contributed by atoms with Crippen LogP contribution >= 0.6 is 0 Å². The number of ether oxygens (including phenoxy) is 3. The average Bonchev–Trinajstić information content (AvgIpc) is 3.59. The highest BCUT2D eigenvalue weighted by molar-refractivity contribution is 5.69. The molecule has 2 heterocycles. The van der Waals surface area contributed by atoms with E-state index in [0.29, 0.717) is 18.9 Å². The van der Waals surface area contributed by atoms with Crippen molar-refractivity contribution >= 4 is 11.9 Å². The van der Waals surface area contributed by atoms with Crippen molar-refractivity contribution in [3.05, 3.63) is 35.8 Å². The van der Waals surface area contributed by atoms with Gasteiger partial charge in [0.2, 0.25) is 0 Å². The van der Waals surface area contributed by atoms with E-state index in [1.54, 1.807) is 13.2 Å². The van der Waals surface area contributed by atoms with E-state index < -0.39 is 40.7 Å². The van der Waals surface area contributed by atoms with Gasteiger partial charge in [0.1, 0.15) is 12.2 Å². The summed E-state index contributed by atoms with van der Waals surface area (Å²) in [5.41, 5.74) is 0.923. The summed E-state index contributed by atoms with van der Waals surface area (Å²) in [7, 11) is 0. The topological polar surface area (TPSA) is 95.2 Å². The summed E-state index contributed by atoms with van der Waals surface area (Å²) >= 11 is 0. The monoisotopic (exact) mass is 526 g/mol. The van der Waals surface area contributed by atoms with Crippen LogP contribution in [0.4, 0.5) is 0 Å². The van der Waals surface area contributed by atoms with Gasteiger partial charge in [-0.2, -0.15) is 0 Å². The van der Waals surface area contributed by atoms with Gasteiger partial charge in [-0.05, 0) is 48.1 Å². The maximum Gasteiger partial charge on any atom is 0.305 e. The molecule has 1 aromatic rings. The van der Waals surface area contributed by atoms with Gasteiger partial charge in [-0.3, -0.25) is 9.59 Å². The summed E-state index contributed by atoms with van der Waals surface area (Å²) in [5, 5.41) is 12.3. The van der Waals surface area contributed by atoms with Gasteiger partial charge < -0.3 is 23.7 Å². The minimum Gasteiger partial charge on any atom is -0.472 e. The van der Waals surface area contributed by atoms with Crippen molar-refractivity contribution in [2.24, 2.45) is 33.5 Å². The lowest BCUT2D eigenvalue weighted by molar-refractivity contribution is -0.262. The Morgan fingerprint density at radius 1 is 1.16 bits per heavy atom. The Bertz CT molecular complexity index is 1160. The van der Waals surface area contributed by atoms with Crippen molar-refractivity contribution in [1.29, 1.82) is 0 Å². The molecule has 6 rings (SSSR count). The Hall–Kier alpha value is -2.12. The van der Waals surface area contributed by atoms with E-state index in [9.17, 15) is 14.7 Å². The van der Waals surface area contributed by atoms with Gasteiger partial charge in [0.05, 0.1) is 31.3 Å². The van der Waals surface area contributed by atoms with Crippen LogP contribution in [0.5, 0.6) is 0 Å². The second kappa shape index (κ2) is 8.44. The lowest BCUT2D eigenvalue weighted by Gasteiger charge is -2.69. The third-order valence-corrected chi connectivity index (χ3v) is 11.8. The highest BCUT2D eigenvalue weighted by Crippen LogP contribution is 2.75. The summed E-state index contributed by atoms with van der Waals surface area (Å²) in [6.45, 7) is 12.6. The van der Waals surface area contributed by atoms with E-state index in [0.717, 1.165) is 19.3 Å². The van der Waals surface area contributed by atoms with Gasteiger partial charge in [0.15, 0.2) is 0 Å². The number of aliphatic hydroxyl groups is 1. The molecule has 0 radical (unpaired) electrons. The van der Waals surface area contributed by atoms with E-state index in [1.807, 2.05) is 6.26 Å². The molecular formula is C31H42O7. The van der Waals surface area contributed by atoms with Crippen LogP contribution in [0, 0.1) is 33.5 Å². The first-order valence-electron chi connectivity index (χ1n) is 14.3. The zero-order valence-corrected chi connectivity index (χ0v) is 23.5. The number of fused-ring (bicyclic) bond motifs is 4. The maximum atomic E-state index is 12.5. The summed E-state index contributed by atoms with van der Waals surface area (Å²) in [4.78, 5) is 24.9. The number of hydrogen-bond acceptors (Lipinski definition) is 7. The number of hydrogen-bond donors (Lipinski definition) is 1. The maximum absolute atomic E-state index is 12.5. The number of aliphatic hydroxyl groups excluding tert-OH is 1. The van der Waals surface area contributed by atoms with E-state index in [4.69, 9.17) is 18.6 Å². The molecule has 0 spiro atoms. The molecule has 11 atom stereocenters. The van der Waals surface area contributed by atoms with Gasteiger partial charge in [-0.15, -0.1) is 0 Å². The molecule has 3 unspecified atom stereocenters. The first kappa shape index (κ1) is 26.1. The van der Waals surface area contributed by atoms with Crippen molar-refractivity contribution in [2.45, 2.75) is 104 Å². The Labute approximate surface area is 225 Å². The van der Waals surface area contributed by atoms with Crippen LogP contribution in [-0.2, 0) is 23.8 Å². The summed E-state index contributed by atoms with van der Waals surface area (Å²) in [6.07, 6.45) is 7.44. The Balaban J connectivity index is 1.46. The van der Waals surface area contributed by atoms with Gasteiger partial charge >= 0.3 is 11.9 Å². The largest absolute Gasteiger partial charge is 0.472 e. The van der Waals surface area contributed by atoms with Crippen LogP contribution < -0.4 is 0 Å². The second-order valence-corrected chi connectivity index (χ2v) is 13.5. The van der Waals surface area contributed by atoms with Crippen molar-refractivity contribution in [2.75, 3.05) is 6.61 Å². The molecule has 208 valence electrons. The molecule has 4 fully saturated rings. The van der Waals surface area contributed by atoms with Gasteiger partial charge in [-0.25, -0.2) is 0 Å². The Morgan fingerprint density at radius 3 is 2.58 bits per heavy atom. The number of allylic oxidation sites excluding steroid dienone is 1. The van der Waals surface area contributed by atoms with Crippen molar-refractivity contribution in [3.8, 4) is 0 Å². The molecule has 3 saturated carbocycles. The minimum absolute atomic E-state index is 0.0712. The first-order valence-corrected chi connectivity index (χ1v) is 14.3. The molecule has 1 N–H and O–H groups in total. The average molecular weight is 527 g/mol. The van der Waals surface area contributed by atoms with Crippen LogP contribution in [0.15, 0.2) is 34.7 Å². The fraction of sp³-hybridized carbons (Fsp3) is 0.742. The number of carbonyl (C=O) groups excluding carboxylic acids is 2. The summed E-state index contributed by atoms with van der Waals surface area (Å²) in [6, 6.07) is 2.07. The number of carbonyl (C=O) groups is 2. The highest BCUT2D eigenvalue weighted by Gasteiger charge is 2.77. The third-order valence-electron chi connectivity index (χ3n) is 11.8. The lowest BCUT2D eigenvalue weighted by Crippen LogP contribution is -2.73. The van der Waals surface area contributed by atoms with Gasteiger partial charge in [0.25, 0.3) is 0 Å². The zero-order chi connectivity index (χ0) is 27.3. The van der Waals surface area contributed by atoms with E-state index >= 15 is 0 Å². The fourth-order valence-corrected chi connectivity index (χ4v) is 10.3. The molecule has 7 heteroatoms. The standard InChI is InChI=1S/C31H42O7/c1-7-24(33)38-22-14-23(37-17(2)32)31(6)21-10-12-28(3)19(18-11-13-35-15-18)8-9-20(28)30(21,5)27(34)25-26(31)29(22,4)16-36-25/h9,11,13,15,19,21-23,25-27,34H,7-8,10,12,14,16H2,1-6H3/t19-,21?,22+,23-,25?,26?,27+,28-,29+,30-,31-/m0/s1. The normalized spacial score (nSPS) is 48.9. The molecule has 0 amide bonds. The van der Waals surface area contributed by atoms with Crippen molar-refractivity contribution in [1.82, 2.24) is 0 Å². The molecule has 1 saturated heterocycles. The number of furan rings is 1. The predicted octanol–water partition coefficient (Wildman–Crippen LogP) is 5.18. The molecule has 0 bridgehead atoms. The van der Waals surface area contributed by atoms with Crippen LogP contribution in [0.3, 0.4) is 0 Å². The minimum atomic E-state index is -0.722. The van der Waals surface area contributed by atoms with Crippen LogP contribution in [0.2, 0.25) is 0 Å². The zero-order valence-electron chi connectivity index (χ0n) is 23.5. The molecule has 1 aliphatic heterocycles. The van der Waals surface area contributed by atoms with E-state index in [1.165, 1.54) is 18.1 Å².